The first-order valence-electron chi connectivity index (χ1n) is 6.43. The largest absolute Gasteiger partial charge is 0.478 e. The molecule has 1 aromatic carbocycles. The summed E-state index contributed by atoms with van der Waals surface area (Å²) in [7, 11) is 0. The molecule has 1 atom stereocenters. The molecule has 3 nitrogen and oxygen atoms in total. The van der Waals surface area contributed by atoms with Crippen molar-refractivity contribution >= 4 is 16.9 Å². The summed E-state index contributed by atoms with van der Waals surface area (Å²) < 4.78 is 13.4. The van der Waals surface area contributed by atoms with E-state index in [2.05, 4.69) is 11.9 Å². The van der Waals surface area contributed by atoms with E-state index >= 15 is 0 Å². The van der Waals surface area contributed by atoms with Crippen molar-refractivity contribution in [3.8, 4) is 0 Å². The number of halogens is 1. The van der Waals surface area contributed by atoms with Crippen LogP contribution in [0.4, 0.5) is 4.39 Å². The molecule has 0 amide bonds. The van der Waals surface area contributed by atoms with Gasteiger partial charge in [0.15, 0.2) is 0 Å². The number of fused-ring (bicyclic) bond motifs is 2. The van der Waals surface area contributed by atoms with E-state index in [9.17, 15) is 14.3 Å². The summed E-state index contributed by atoms with van der Waals surface area (Å²) in [5.74, 6) is -1.17. The third kappa shape index (κ3) is 1.87. The number of aromatic carboxylic acids is 1. The zero-order valence-electron chi connectivity index (χ0n) is 10.6. The van der Waals surface area contributed by atoms with Crippen LogP contribution in [0.15, 0.2) is 18.2 Å². The Morgan fingerprint density at radius 1 is 1.47 bits per heavy atom. The van der Waals surface area contributed by atoms with Crippen LogP contribution in [0.3, 0.4) is 0 Å². The van der Waals surface area contributed by atoms with E-state index in [4.69, 9.17) is 0 Å². The average Bonchev–Trinajstić information content (AvgIpc) is 2.36. The highest BCUT2D eigenvalue weighted by atomic mass is 19.1. The minimum atomic E-state index is -0.997. The van der Waals surface area contributed by atoms with Crippen molar-refractivity contribution in [3.05, 3.63) is 40.8 Å². The van der Waals surface area contributed by atoms with Gasteiger partial charge in [0.25, 0.3) is 0 Å². The first kappa shape index (κ1) is 12.1. The van der Waals surface area contributed by atoms with Gasteiger partial charge in [-0.3, -0.25) is 4.98 Å². The maximum absolute atomic E-state index is 13.4. The second-order valence-electron chi connectivity index (χ2n) is 5.11. The highest BCUT2D eigenvalue weighted by Gasteiger charge is 2.25. The maximum atomic E-state index is 13.4. The Morgan fingerprint density at radius 3 is 3.00 bits per heavy atom. The zero-order valence-corrected chi connectivity index (χ0v) is 10.6. The van der Waals surface area contributed by atoms with Crippen LogP contribution < -0.4 is 0 Å². The standard InChI is InChI=1S/C15H14FNO2/c1-8-3-2-4-10-13(15(18)19)11-7-9(16)5-6-12(11)17-14(8)10/h5-8H,2-4H2,1H3,(H,18,19). The van der Waals surface area contributed by atoms with E-state index in [1.807, 2.05) is 0 Å². The molecule has 0 spiro atoms. The monoisotopic (exact) mass is 259 g/mol. The number of rotatable bonds is 1. The Bertz CT molecular complexity index is 681. The number of carbonyl (C=O) groups is 1. The van der Waals surface area contributed by atoms with E-state index in [0.29, 0.717) is 17.3 Å². The molecule has 0 bridgehead atoms. The second kappa shape index (κ2) is 4.30. The van der Waals surface area contributed by atoms with Crippen LogP contribution in [0, 0.1) is 5.82 Å². The lowest BCUT2D eigenvalue weighted by Crippen LogP contribution is -2.15. The molecule has 0 saturated heterocycles. The number of benzene rings is 1. The molecule has 1 aliphatic rings. The summed E-state index contributed by atoms with van der Waals surface area (Å²) >= 11 is 0. The number of hydrogen-bond acceptors (Lipinski definition) is 2. The van der Waals surface area contributed by atoms with Crippen LogP contribution in [0.1, 0.15) is 47.3 Å². The molecule has 0 saturated carbocycles. The summed E-state index contributed by atoms with van der Waals surface area (Å²) in [5, 5.41) is 9.87. The van der Waals surface area contributed by atoms with E-state index in [0.717, 1.165) is 24.1 Å². The number of carboxylic acid groups (broad SMARTS) is 1. The molecule has 1 heterocycles. The van der Waals surface area contributed by atoms with Gasteiger partial charge in [-0.05, 0) is 48.9 Å². The summed E-state index contributed by atoms with van der Waals surface area (Å²) in [6, 6.07) is 4.14. The van der Waals surface area contributed by atoms with E-state index < -0.39 is 11.8 Å². The minimum Gasteiger partial charge on any atom is -0.478 e. The normalized spacial score (nSPS) is 18.3. The van der Waals surface area contributed by atoms with E-state index in [-0.39, 0.29) is 11.5 Å². The number of hydrogen-bond donors (Lipinski definition) is 1. The van der Waals surface area contributed by atoms with Gasteiger partial charge in [-0.1, -0.05) is 6.92 Å². The second-order valence-corrected chi connectivity index (χ2v) is 5.11. The summed E-state index contributed by atoms with van der Waals surface area (Å²) in [5.41, 5.74) is 2.43. The molecule has 0 aliphatic heterocycles. The molecule has 4 heteroatoms. The van der Waals surface area contributed by atoms with Gasteiger partial charge in [-0.2, -0.15) is 0 Å². The van der Waals surface area contributed by atoms with Crippen LogP contribution in [0.25, 0.3) is 10.9 Å². The molecule has 3 rings (SSSR count). The van der Waals surface area contributed by atoms with Crippen LogP contribution in [0.2, 0.25) is 0 Å². The van der Waals surface area contributed by atoms with Crippen LogP contribution in [-0.4, -0.2) is 16.1 Å². The van der Waals surface area contributed by atoms with Crippen molar-refractivity contribution in [2.24, 2.45) is 0 Å². The zero-order chi connectivity index (χ0) is 13.6. The minimum absolute atomic E-state index is 0.228. The maximum Gasteiger partial charge on any atom is 0.336 e. The fourth-order valence-corrected chi connectivity index (χ4v) is 2.92. The quantitative estimate of drug-likeness (QED) is 0.852. The van der Waals surface area contributed by atoms with Crippen LogP contribution >= 0.6 is 0 Å². The number of pyridine rings is 1. The van der Waals surface area contributed by atoms with Crippen molar-refractivity contribution < 1.29 is 14.3 Å². The Balaban J connectivity index is 2.42. The molecule has 19 heavy (non-hydrogen) atoms. The van der Waals surface area contributed by atoms with Crippen LogP contribution in [0.5, 0.6) is 0 Å². The van der Waals surface area contributed by atoms with Gasteiger partial charge in [-0.15, -0.1) is 0 Å². The van der Waals surface area contributed by atoms with Crippen molar-refractivity contribution in [2.75, 3.05) is 0 Å². The SMILES string of the molecule is CC1CCCc2c1nc1ccc(F)cc1c2C(=O)O. The highest BCUT2D eigenvalue weighted by molar-refractivity contribution is 6.04. The Labute approximate surface area is 110 Å². The molecule has 98 valence electrons. The van der Waals surface area contributed by atoms with Gasteiger partial charge in [-0.25, -0.2) is 9.18 Å². The van der Waals surface area contributed by atoms with Gasteiger partial charge in [0.2, 0.25) is 0 Å². The molecule has 1 aromatic heterocycles. The highest BCUT2D eigenvalue weighted by Crippen LogP contribution is 2.35. The lowest BCUT2D eigenvalue weighted by atomic mass is 9.84. The van der Waals surface area contributed by atoms with Crippen molar-refractivity contribution in [2.45, 2.75) is 32.1 Å². The molecular formula is C15H14FNO2. The van der Waals surface area contributed by atoms with Gasteiger partial charge < -0.3 is 5.11 Å². The molecular weight excluding hydrogens is 245 g/mol. The van der Waals surface area contributed by atoms with Gasteiger partial charge in [0.05, 0.1) is 11.1 Å². The summed E-state index contributed by atoms with van der Waals surface area (Å²) in [6.07, 6.45) is 2.68. The number of aromatic nitrogens is 1. The lowest BCUT2D eigenvalue weighted by molar-refractivity contribution is 0.0697. The van der Waals surface area contributed by atoms with E-state index in [1.54, 1.807) is 6.07 Å². The van der Waals surface area contributed by atoms with Crippen LogP contribution in [-0.2, 0) is 6.42 Å². The van der Waals surface area contributed by atoms with Gasteiger partial charge in [0.1, 0.15) is 5.82 Å². The van der Waals surface area contributed by atoms with Crippen molar-refractivity contribution in [3.63, 3.8) is 0 Å². The predicted molar refractivity (Wildman–Crippen MR) is 70.0 cm³/mol. The molecule has 2 aromatic rings. The first-order valence-corrected chi connectivity index (χ1v) is 6.43. The molecule has 1 N–H and O–H groups in total. The lowest BCUT2D eigenvalue weighted by Gasteiger charge is -2.23. The number of carboxylic acids is 1. The molecule has 1 unspecified atom stereocenters. The predicted octanol–water partition coefficient (Wildman–Crippen LogP) is 3.51. The molecule has 0 radical (unpaired) electrons. The fraction of sp³-hybridized carbons (Fsp3) is 0.333. The smallest absolute Gasteiger partial charge is 0.336 e. The molecule has 1 aliphatic carbocycles. The third-order valence-corrected chi connectivity index (χ3v) is 3.82. The van der Waals surface area contributed by atoms with E-state index in [1.165, 1.54) is 12.1 Å². The first-order chi connectivity index (χ1) is 9.08. The topological polar surface area (TPSA) is 50.2 Å². The van der Waals surface area contributed by atoms with Gasteiger partial charge >= 0.3 is 5.97 Å². The molecule has 0 fully saturated rings. The van der Waals surface area contributed by atoms with Gasteiger partial charge in [0, 0.05) is 11.1 Å². The number of nitrogens with zero attached hydrogens (tertiary/aromatic N) is 1. The average molecular weight is 259 g/mol. The van der Waals surface area contributed by atoms with Crippen molar-refractivity contribution in [1.29, 1.82) is 0 Å². The third-order valence-electron chi connectivity index (χ3n) is 3.82. The Morgan fingerprint density at radius 2 is 2.26 bits per heavy atom. The Kier molecular flexibility index (Phi) is 2.73. The Hall–Kier alpha value is -1.97. The fourth-order valence-electron chi connectivity index (χ4n) is 2.92. The summed E-state index contributed by atoms with van der Waals surface area (Å²) in [6.45, 7) is 2.06. The van der Waals surface area contributed by atoms with Crippen molar-refractivity contribution in [1.82, 2.24) is 4.98 Å². The summed E-state index contributed by atoms with van der Waals surface area (Å²) in [4.78, 5) is 16.1.